The lowest BCUT2D eigenvalue weighted by molar-refractivity contribution is 0.365. The van der Waals surface area contributed by atoms with Crippen molar-refractivity contribution >= 4 is 11.6 Å². The summed E-state index contributed by atoms with van der Waals surface area (Å²) in [6.07, 6.45) is 1.54. The molecule has 1 aliphatic heterocycles. The van der Waals surface area contributed by atoms with Gasteiger partial charge in [0.2, 0.25) is 0 Å². The Morgan fingerprint density at radius 1 is 1.20 bits per heavy atom. The third kappa shape index (κ3) is 2.33. The Kier molecular flexibility index (Phi) is 3.08. The van der Waals surface area contributed by atoms with Gasteiger partial charge in [-0.2, -0.15) is 0 Å². The standard InChI is InChI=1S/C16H20N4/c1-16(2)10-20(15-8-14(17)18-11-19-15)9-13(16)12-6-4-3-5-7-12/h3-8,11,13H,9-10H2,1-2H3,(H2,17,18,19)/t13-/m0/s1. The zero-order chi connectivity index (χ0) is 14.2. The molecule has 4 heteroatoms. The van der Waals surface area contributed by atoms with Crippen molar-refractivity contribution in [1.29, 1.82) is 0 Å². The molecular formula is C16H20N4. The van der Waals surface area contributed by atoms with Gasteiger partial charge in [-0.3, -0.25) is 0 Å². The summed E-state index contributed by atoms with van der Waals surface area (Å²) in [6, 6.07) is 12.6. The molecule has 3 rings (SSSR count). The third-order valence-corrected chi connectivity index (χ3v) is 4.14. The number of hydrogen-bond acceptors (Lipinski definition) is 4. The van der Waals surface area contributed by atoms with Crippen LogP contribution in [0.3, 0.4) is 0 Å². The van der Waals surface area contributed by atoms with Gasteiger partial charge in [-0.1, -0.05) is 44.2 Å². The normalized spacial score (nSPS) is 21.1. The van der Waals surface area contributed by atoms with Crippen LogP contribution in [0, 0.1) is 5.41 Å². The van der Waals surface area contributed by atoms with E-state index in [1.54, 1.807) is 0 Å². The number of rotatable bonds is 2. The van der Waals surface area contributed by atoms with E-state index in [0.29, 0.717) is 11.7 Å². The lowest BCUT2D eigenvalue weighted by Gasteiger charge is -2.25. The highest BCUT2D eigenvalue weighted by Crippen LogP contribution is 2.43. The molecular weight excluding hydrogens is 248 g/mol. The van der Waals surface area contributed by atoms with Crippen molar-refractivity contribution < 1.29 is 0 Å². The van der Waals surface area contributed by atoms with E-state index in [-0.39, 0.29) is 5.41 Å². The molecule has 1 atom stereocenters. The predicted octanol–water partition coefficient (Wildman–Crippen LogP) is 2.69. The molecule has 2 heterocycles. The van der Waals surface area contributed by atoms with Crippen LogP contribution >= 0.6 is 0 Å². The summed E-state index contributed by atoms with van der Waals surface area (Å²) >= 11 is 0. The second-order valence-electron chi connectivity index (χ2n) is 6.13. The molecule has 0 aliphatic carbocycles. The highest BCUT2D eigenvalue weighted by Gasteiger charge is 2.40. The second kappa shape index (κ2) is 4.78. The van der Waals surface area contributed by atoms with E-state index in [9.17, 15) is 0 Å². The number of benzene rings is 1. The van der Waals surface area contributed by atoms with Crippen molar-refractivity contribution in [2.45, 2.75) is 19.8 Å². The van der Waals surface area contributed by atoms with Gasteiger partial charge in [-0.05, 0) is 11.0 Å². The zero-order valence-electron chi connectivity index (χ0n) is 12.0. The van der Waals surface area contributed by atoms with Gasteiger partial charge in [0, 0.05) is 25.1 Å². The number of anilines is 2. The molecule has 2 aromatic rings. The minimum atomic E-state index is 0.209. The quantitative estimate of drug-likeness (QED) is 0.910. The van der Waals surface area contributed by atoms with E-state index in [4.69, 9.17) is 5.73 Å². The van der Waals surface area contributed by atoms with Crippen molar-refractivity contribution in [2.75, 3.05) is 23.7 Å². The average molecular weight is 268 g/mol. The summed E-state index contributed by atoms with van der Waals surface area (Å²) < 4.78 is 0. The fourth-order valence-corrected chi connectivity index (χ4v) is 3.09. The zero-order valence-corrected chi connectivity index (χ0v) is 12.0. The summed E-state index contributed by atoms with van der Waals surface area (Å²) in [4.78, 5) is 10.6. The molecule has 4 nitrogen and oxygen atoms in total. The van der Waals surface area contributed by atoms with Gasteiger partial charge in [-0.15, -0.1) is 0 Å². The van der Waals surface area contributed by atoms with Gasteiger partial charge in [-0.25, -0.2) is 9.97 Å². The van der Waals surface area contributed by atoms with E-state index < -0.39 is 0 Å². The predicted molar refractivity (Wildman–Crippen MR) is 81.6 cm³/mol. The Morgan fingerprint density at radius 3 is 2.65 bits per heavy atom. The summed E-state index contributed by atoms with van der Waals surface area (Å²) in [6.45, 7) is 6.57. The molecule has 0 bridgehead atoms. The maximum atomic E-state index is 5.76. The molecule has 0 amide bonds. The van der Waals surface area contributed by atoms with Gasteiger partial charge in [0.15, 0.2) is 0 Å². The van der Waals surface area contributed by atoms with E-state index in [1.165, 1.54) is 11.9 Å². The number of nitrogens with zero attached hydrogens (tertiary/aromatic N) is 3. The molecule has 1 fully saturated rings. The molecule has 20 heavy (non-hydrogen) atoms. The van der Waals surface area contributed by atoms with Gasteiger partial charge >= 0.3 is 0 Å². The van der Waals surface area contributed by atoms with Crippen molar-refractivity contribution in [3.8, 4) is 0 Å². The lowest BCUT2D eigenvalue weighted by Crippen LogP contribution is -2.24. The Morgan fingerprint density at radius 2 is 1.95 bits per heavy atom. The molecule has 0 radical (unpaired) electrons. The first-order chi connectivity index (χ1) is 9.56. The van der Waals surface area contributed by atoms with E-state index >= 15 is 0 Å². The monoisotopic (exact) mass is 268 g/mol. The van der Waals surface area contributed by atoms with Crippen LogP contribution in [0.2, 0.25) is 0 Å². The van der Waals surface area contributed by atoms with Crippen LogP contribution in [0.1, 0.15) is 25.3 Å². The van der Waals surface area contributed by atoms with E-state index in [0.717, 1.165) is 18.9 Å². The lowest BCUT2D eigenvalue weighted by atomic mass is 9.78. The fraction of sp³-hybridized carbons (Fsp3) is 0.375. The molecule has 1 aromatic heterocycles. The van der Waals surface area contributed by atoms with E-state index in [1.807, 2.05) is 6.07 Å². The Labute approximate surface area is 119 Å². The summed E-state index contributed by atoms with van der Waals surface area (Å²) in [7, 11) is 0. The van der Waals surface area contributed by atoms with Crippen LogP contribution in [0.4, 0.5) is 11.6 Å². The molecule has 104 valence electrons. The van der Waals surface area contributed by atoms with Crippen molar-refractivity contribution in [3.63, 3.8) is 0 Å². The Bertz CT molecular complexity index is 594. The summed E-state index contributed by atoms with van der Waals surface area (Å²) in [5.74, 6) is 1.94. The number of hydrogen-bond donors (Lipinski definition) is 1. The van der Waals surface area contributed by atoms with Crippen LogP contribution in [0.5, 0.6) is 0 Å². The number of nitrogen functional groups attached to an aromatic ring is 1. The minimum Gasteiger partial charge on any atom is -0.384 e. The average Bonchev–Trinajstić information content (AvgIpc) is 2.76. The second-order valence-corrected chi connectivity index (χ2v) is 6.13. The minimum absolute atomic E-state index is 0.209. The van der Waals surface area contributed by atoms with Crippen LogP contribution in [0.15, 0.2) is 42.7 Å². The van der Waals surface area contributed by atoms with Crippen LogP contribution < -0.4 is 10.6 Å². The van der Waals surface area contributed by atoms with E-state index in [2.05, 4.69) is 59.0 Å². The van der Waals surface area contributed by atoms with Crippen molar-refractivity contribution in [2.24, 2.45) is 5.41 Å². The maximum absolute atomic E-state index is 5.76. The maximum Gasteiger partial charge on any atom is 0.134 e. The van der Waals surface area contributed by atoms with Crippen LogP contribution in [-0.4, -0.2) is 23.1 Å². The van der Waals surface area contributed by atoms with Gasteiger partial charge in [0.25, 0.3) is 0 Å². The first-order valence-electron chi connectivity index (χ1n) is 6.94. The first kappa shape index (κ1) is 12.9. The molecule has 0 saturated carbocycles. The third-order valence-electron chi connectivity index (χ3n) is 4.14. The fourth-order valence-electron chi connectivity index (χ4n) is 3.09. The molecule has 1 aliphatic rings. The van der Waals surface area contributed by atoms with Crippen molar-refractivity contribution in [1.82, 2.24) is 9.97 Å². The van der Waals surface area contributed by atoms with Crippen LogP contribution in [0.25, 0.3) is 0 Å². The molecule has 1 saturated heterocycles. The van der Waals surface area contributed by atoms with Gasteiger partial charge in [0.1, 0.15) is 18.0 Å². The highest BCUT2D eigenvalue weighted by molar-refractivity contribution is 5.48. The number of nitrogens with two attached hydrogens (primary N) is 1. The van der Waals surface area contributed by atoms with Gasteiger partial charge in [0.05, 0.1) is 0 Å². The molecule has 1 aromatic carbocycles. The molecule has 0 unspecified atom stereocenters. The Hall–Kier alpha value is -2.10. The number of aromatic nitrogens is 2. The SMILES string of the molecule is CC1(C)CN(c2cc(N)ncn2)C[C@H]1c1ccccc1. The largest absolute Gasteiger partial charge is 0.384 e. The molecule has 0 spiro atoms. The van der Waals surface area contributed by atoms with Crippen LogP contribution in [-0.2, 0) is 0 Å². The highest BCUT2D eigenvalue weighted by atomic mass is 15.2. The summed E-state index contributed by atoms with van der Waals surface area (Å²) in [5, 5.41) is 0. The Balaban J connectivity index is 1.89. The smallest absolute Gasteiger partial charge is 0.134 e. The summed E-state index contributed by atoms with van der Waals surface area (Å²) in [5.41, 5.74) is 7.36. The molecule has 2 N–H and O–H groups in total. The first-order valence-corrected chi connectivity index (χ1v) is 6.94. The van der Waals surface area contributed by atoms with Crippen molar-refractivity contribution in [3.05, 3.63) is 48.3 Å². The van der Waals surface area contributed by atoms with Gasteiger partial charge < -0.3 is 10.6 Å². The topological polar surface area (TPSA) is 55.0 Å².